The van der Waals surface area contributed by atoms with Crippen molar-refractivity contribution in [3.8, 4) is 0 Å². The van der Waals surface area contributed by atoms with Gasteiger partial charge in [0.25, 0.3) is 0 Å². The van der Waals surface area contributed by atoms with Gasteiger partial charge in [-0.15, -0.1) is 11.8 Å². The lowest BCUT2D eigenvalue weighted by atomic mass is 10.2. The first kappa shape index (κ1) is 14.0. The molecule has 0 aliphatic carbocycles. The van der Waals surface area contributed by atoms with Crippen molar-refractivity contribution in [1.82, 2.24) is 5.43 Å². The number of nitrogens with one attached hydrogen (secondary N) is 2. The molecule has 2 aromatic rings. The Bertz CT molecular complexity index is 485. The second-order valence-electron chi connectivity index (χ2n) is 4.34. The summed E-state index contributed by atoms with van der Waals surface area (Å²) in [6.07, 6.45) is 1.21. The van der Waals surface area contributed by atoms with E-state index in [0.29, 0.717) is 0 Å². The Balaban J connectivity index is 1.82. The van der Waals surface area contributed by atoms with E-state index in [4.69, 9.17) is 0 Å². The Morgan fingerprint density at radius 3 is 2.63 bits per heavy atom. The summed E-state index contributed by atoms with van der Waals surface area (Å²) < 4.78 is 0. The SMILES string of the molecule is CCCSc1cccc(CNNc2ccccc2)c1. The Hall–Kier alpha value is -1.45. The summed E-state index contributed by atoms with van der Waals surface area (Å²) in [6.45, 7) is 3.03. The first-order chi connectivity index (χ1) is 9.38. The molecular formula is C16H20N2S. The van der Waals surface area contributed by atoms with Crippen molar-refractivity contribution in [1.29, 1.82) is 0 Å². The van der Waals surface area contributed by atoms with Crippen molar-refractivity contribution in [3.05, 3.63) is 60.2 Å². The number of rotatable bonds is 7. The molecule has 3 heteroatoms. The predicted molar refractivity (Wildman–Crippen MR) is 84.4 cm³/mol. The zero-order chi connectivity index (χ0) is 13.3. The molecule has 0 saturated carbocycles. The van der Waals surface area contributed by atoms with E-state index in [-0.39, 0.29) is 0 Å². The minimum absolute atomic E-state index is 0.815. The molecular weight excluding hydrogens is 252 g/mol. The quantitative estimate of drug-likeness (QED) is 0.580. The molecule has 2 N–H and O–H groups in total. The fraction of sp³-hybridized carbons (Fsp3) is 0.250. The van der Waals surface area contributed by atoms with Gasteiger partial charge in [0.1, 0.15) is 0 Å². The molecule has 0 unspecified atom stereocenters. The van der Waals surface area contributed by atoms with Crippen LogP contribution in [0.5, 0.6) is 0 Å². The normalized spacial score (nSPS) is 10.4. The smallest absolute Gasteiger partial charge is 0.0487 e. The van der Waals surface area contributed by atoms with E-state index in [0.717, 1.165) is 12.2 Å². The lowest BCUT2D eigenvalue weighted by Gasteiger charge is -2.09. The zero-order valence-corrected chi connectivity index (χ0v) is 12.0. The highest BCUT2D eigenvalue weighted by molar-refractivity contribution is 7.99. The molecule has 2 rings (SSSR count). The maximum absolute atomic E-state index is 3.24. The number of hydrogen-bond acceptors (Lipinski definition) is 3. The standard InChI is InChI=1S/C16H20N2S/c1-2-11-19-16-10-6-7-14(12-16)13-17-18-15-8-4-3-5-9-15/h3-10,12,17-18H,2,11,13H2,1H3. The number of thioether (sulfide) groups is 1. The fourth-order valence-corrected chi connectivity index (χ4v) is 2.58. The van der Waals surface area contributed by atoms with Gasteiger partial charge in [0.15, 0.2) is 0 Å². The third-order valence-corrected chi connectivity index (χ3v) is 3.87. The molecule has 0 aliphatic rings. The van der Waals surface area contributed by atoms with E-state index >= 15 is 0 Å². The minimum Gasteiger partial charge on any atom is -0.321 e. The first-order valence-electron chi connectivity index (χ1n) is 6.64. The molecule has 0 spiro atoms. The molecule has 0 aliphatic heterocycles. The van der Waals surface area contributed by atoms with Gasteiger partial charge >= 0.3 is 0 Å². The molecule has 0 aromatic heterocycles. The monoisotopic (exact) mass is 272 g/mol. The van der Waals surface area contributed by atoms with E-state index in [2.05, 4.69) is 42.0 Å². The molecule has 0 bridgehead atoms. The van der Waals surface area contributed by atoms with Crippen LogP contribution in [0.1, 0.15) is 18.9 Å². The predicted octanol–water partition coefficient (Wildman–Crippen LogP) is 4.31. The number of hydrazine groups is 1. The van der Waals surface area contributed by atoms with E-state index < -0.39 is 0 Å². The molecule has 0 amide bonds. The molecule has 2 nitrogen and oxygen atoms in total. The second kappa shape index (κ2) is 7.87. The van der Waals surface area contributed by atoms with Crippen LogP contribution in [0.25, 0.3) is 0 Å². The molecule has 2 aromatic carbocycles. The Kier molecular flexibility index (Phi) is 5.79. The van der Waals surface area contributed by atoms with Crippen LogP contribution in [-0.2, 0) is 6.54 Å². The Morgan fingerprint density at radius 1 is 1.00 bits per heavy atom. The summed E-state index contributed by atoms with van der Waals surface area (Å²) in [7, 11) is 0. The van der Waals surface area contributed by atoms with Crippen molar-refractivity contribution in [2.75, 3.05) is 11.2 Å². The Morgan fingerprint density at radius 2 is 1.84 bits per heavy atom. The number of para-hydroxylation sites is 1. The van der Waals surface area contributed by atoms with Gasteiger partial charge in [-0.2, -0.15) is 0 Å². The number of anilines is 1. The van der Waals surface area contributed by atoms with Crippen molar-refractivity contribution < 1.29 is 0 Å². The molecule has 19 heavy (non-hydrogen) atoms. The van der Waals surface area contributed by atoms with Crippen LogP contribution >= 0.6 is 11.8 Å². The van der Waals surface area contributed by atoms with Crippen molar-refractivity contribution in [2.45, 2.75) is 24.8 Å². The molecule has 0 saturated heterocycles. The third kappa shape index (κ3) is 4.97. The highest BCUT2D eigenvalue weighted by atomic mass is 32.2. The maximum atomic E-state index is 3.24. The van der Waals surface area contributed by atoms with E-state index in [1.54, 1.807) is 0 Å². The lowest BCUT2D eigenvalue weighted by Crippen LogP contribution is -2.20. The van der Waals surface area contributed by atoms with Crippen LogP contribution < -0.4 is 10.9 Å². The summed E-state index contributed by atoms with van der Waals surface area (Å²) >= 11 is 1.92. The third-order valence-electron chi connectivity index (χ3n) is 2.67. The summed E-state index contributed by atoms with van der Waals surface area (Å²) in [5.41, 5.74) is 8.82. The zero-order valence-electron chi connectivity index (χ0n) is 11.2. The largest absolute Gasteiger partial charge is 0.321 e. The number of hydrogen-bond donors (Lipinski definition) is 2. The van der Waals surface area contributed by atoms with Crippen LogP contribution in [0.15, 0.2) is 59.5 Å². The summed E-state index contributed by atoms with van der Waals surface area (Å²) in [5.74, 6) is 1.18. The van der Waals surface area contributed by atoms with Crippen molar-refractivity contribution >= 4 is 17.4 Å². The van der Waals surface area contributed by atoms with Gasteiger partial charge in [-0.1, -0.05) is 37.3 Å². The fourth-order valence-electron chi connectivity index (χ4n) is 1.73. The molecule has 0 radical (unpaired) electrons. The highest BCUT2D eigenvalue weighted by Gasteiger charge is 1.96. The summed E-state index contributed by atoms with van der Waals surface area (Å²) in [5, 5.41) is 0. The van der Waals surface area contributed by atoms with Gasteiger partial charge in [-0.25, -0.2) is 5.43 Å². The molecule has 0 heterocycles. The maximum Gasteiger partial charge on any atom is 0.0487 e. The van der Waals surface area contributed by atoms with Crippen molar-refractivity contribution in [3.63, 3.8) is 0 Å². The molecule has 100 valence electrons. The van der Waals surface area contributed by atoms with E-state index in [1.165, 1.54) is 22.6 Å². The van der Waals surface area contributed by atoms with Gasteiger partial charge < -0.3 is 5.43 Å². The molecule has 0 atom stereocenters. The summed E-state index contributed by atoms with van der Waals surface area (Å²) in [6, 6.07) is 18.8. The van der Waals surface area contributed by atoms with Crippen LogP contribution in [0.3, 0.4) is 0 Å². The van der Waals surface area contributed by atoms with Crippen LogP contribution in [0.2, 0.25) is 0 Å². The number of benzene rings is 2. The topological polar surface area (TPSA) is 24.1 Å². The Labute approximate surface area is 119 Å². The van der Waals surface area contributed by atoms with Gasteiger partial charge in [-0.05, 0) is 42.0 Å². The van der Waals surface area contributed by atoms with Gasteiger partial charge in [-0.3, -0.25) is 0 Å². The second-order valence-corrected chi connectivity index (χ2v) is 5.51. The highest BCUT2D eigenvalue weighted by Crippen LogP contribution is 2.19. The minimum atomic E-state index is 0.815. The van der Waals surface area contributed by atoms with Crippen LogP contribution in [-0.4, -0.2) is 5.75 Å². The lowest BCUT2D eigenvalue weighted by molar-refractivity contribution is 0.799. The van der Waals surface area contributed by atoms with E-state index in [1.807, 2.05) is 42.1 Å². The summed E-state index contributed by atoms with van der Waals surface area (Å²) in [4.78, 5) is 1.35. The van der Waals surface area contributed by atoms with Gasteiger partial charge in [0, 0.05) is 17.1 Å². The van der Waals surface area contributed by atoms with Gasteiger partial charge in [0.05, 0.1) is 0 Å². The average molecular weight is 272 g/mol. The van der Waals surface area contributed by atoms with E-state index in [9.17, 15) is 0 Å². The average Bonchev–Trinajstić information content (AvgIpc) is 2.47. The van der Waals surface area contributed by atoms with Crippen molar-refractivity contribution in [2.24, 2.45) is 0 Å². The van der Waals surface area contributed by atoms with Crippen LogP contribution in [0.4, 0.5) is 5.69 Å². The van der Waals surface area contributed by atoms with Gasteiger partial charge in [0.2, 0.25) is 0 Å². The first-order valence-corrected chi connectivity index (χ1v) is 7.62. The van der Waals surface area contributed by atoms with Crippen LogP contribution in [0, 0.1) is 0 Å². The molecule has 0 fully saturated rings.